The van der Waals surface area contributed by atoms with E-state index in [0.717, 1.165) is 23.5 Å². The number of fused-ring (bicyclic) bond motifs is 1. The smallest absolute Gasteiger partial charge is 0.257 e. The van der Waals surface area contributed by atoms with E-state index in [2.05, 4.69) is 5.32 Å². The van der Waals surface area contributed by atoms with E-state index in [1.807, 2.05) is 48.5 Å². The third-order valence-electron chi connectivity index (χ3n) is 3.46. The van der Waals surface area contributed by atoms with Crippen LogP contribution in [0.1, 0.15) is 5.56 Å². The van der Waals surface area contributed by atoms with Crippen LogP contribution in [0.5, 0.6) is 17.2 Å². The molecular weight excluding hydrogens is 294 g/mol. The molecule has 5 nitrogen and oxygen atoms in total. The van der Waals surface area contributed by atoms with Crippen LogP contribution in [0.3, 0.4) is 0 Å². The third kappa shape index (κ3) is 4.39. The normalized spacial score (nSPS) is 12.5. The molecule has 0 bridgehead atoms. The van der Waals surface area contributed by atoms with Crippen LogP contribution in [0.15, 0.2) is 48.5 Å². The van der Waals surface area contributed by atoms with E-state index in [-0.39, 0.29) is 12.5 Å². The van der Waals surface area contributed by atoms with Gasteiger partial charge in [-0.05, 0) is 36.2 Å². The second-order valence-electron chi connectivity index (χ2n) is 5.18. The number of rotatable bonds is 6. The lowest BCUT2D eigenvalue weighted by atomic mass is 10.1. The van der Waals surface area contributed by atoms with Gasteiger partial charge in [-0.15, -0.1) is 0 Å². The molecule has 1 amide bonds. The Kier molecular flexibility index (Phi) is 4.99. The summed E-state index contributed by atoms with van der Waals surface area (Å²) in [6, 6.07) is 15.1. The van der Waals surface area contributed by atoms with Gasteiger partial charge >= 0.3 is 0 Å². The molecule has 1 aliphatic rings. The Balaban J connectivity index is 1.41. The molecule has 23 heavy (non-hydrogen) atoms. The van der Waals surface area contributed by atoms with E-state index in [1.165, 1.54) is 0 Å². The van der Waals surface area contributed by atoms with E-state index in [4.69, 9.17) is 14.2 Å². The van der Waals surface area contributed by atoms with Gasteiger partial charge in [-0.1, -0.05) is 24.3 Å². The fourth-order valence-electron chi connectivity index (χ4n) is 2.31. The molecule has 2 aromatic carbocycles. The Morgan fingerprint density at radius 3 is 2.65 bits per heavy atom. The van der Waals surface area contributed by atoms with Crippen molar-refractivity contribution in [3.05, 3.63) is 54.1 Å². The number of amides is 1. The first-order chi connectivity index (χ1) is 11.3. The van der Waals surface area contributed by atoms with Crippen molar-refractivity contribution in [1.29, 1.82) is 0 Å². The Morgan fingerprint density at radius 1 is 1.04 bits per heavy atom. The van der Waals surface area contributed by atoms with Crippen molar-refractivity contribution < 1.29 is 19.0 Å². The highest BCUT2D eigenvalue weighted by molar-refractivity contribution is 5.77. The monoisotopic (exact) mass is 313 g/mol. The van der Waals surface area contributed by atoms with Gasteiger partial charge < -0.3 is 19.5 Å². The molecule has 2 aromatic rings. The van der Waals surface area contributed by atoms with Gasteiger partial charge in [0.2, 0.25) is 0 Å². The summed E-state index contributed by atoms with van der Waals surface area (Å²) >= 11 is 0. The number of hydrogen-bond acceptors (Lipinski definition) is 4. The lowest BCUT2D eigenvalue weighted by molar-refractivity contribution is -0.123. The van der Waals surface area contributed by atoms with Crippen molar-refractivity contribution in [1.82, 2.24) is 5.32 Å². The van der Waals surface area contributed by atoms with Gasteiger partial charge in [-0.2, -0.15) is 0 Å². The first kappa shape index (κ1) is 15.2. The number of hydrogen-bond donors (Lipinski definition) is 1. The summed E-state index contributed by atoms with van der Waals surface area (Å²) in [6.07, 6.45) is 0.730. The van der Waals surface area contributed by atoms with Crippen LogP contribution in [-0.2, 0) is 11.2 Å². The molecule has 1 heterocycles. The molecule has 0 spiro atoms. The lowest BCUT2D eigenvalue weighted by Gasteiger charge is -2.18. The second kappa shape index (κ2) is 7.54. The summed E-state index contributed by atoms with van der Waals surface area (Å²) in [4.78, 5) is 11.8. The highest BCUT2D eigenvalue weighted by Gasteiger charge is 2.11. The largest absolute Gasteiger partial charge is 0.486 e. The number of ether oxygens (including phenoxy) is 3. The molecule has 0 fully saturated rings. The maximum Gasteiger partial charge on any atom is 0.257 e. The summed E-state index contributed by atoms with van der Waals surface area (Å²) in [5.74, 6) is 2.11. The predicted molar refractivity (Wildman–Crippen MR) is 86.1 cm³/mol. The Hall–Kier alpha value is -2.69. The second-order valence-corrected chi connectivity index (χ2v) is 5.18. The van der Waals surface area contributed by atoms with Gasteiger partial charge in [-0.25, -0.2) is 0 Å². The minimum atomic E-state index is -0.133. The van der Waals surface area contributed by atoms with E-state index in [9.17, 15) is 4.79 Å². The van der Waals surface area contributed by atoms with Gasteiger partial charge in [0.15, 0.2) is 18.1 Å². The number of carbonyl (C=O) groups excluding carboxylic acids is 1. The Morgan fingerprint density at radius 2 is 1.83 bits per heavy atom. The number of benzene rings is 2. The minimum Gasteiger partial charge on any atom is -0.486 e. The average Bonchev–Trinajstić information content (AvgIpc) is 2.61. The van der Waals surface area contributed by atoms with E-state index in [1.54, 1.807) is 0 Å². The van der Waals surface area contributed by atoms with Crippen LogP contribution >= 0.6 is 0 Å². The molecule has 5 heteroatoms. The van der Waals surface area contributed by atoms with Gasteiger partial charge in [0.05, 0.1) is 0 Å². The fraction of sp³-hybridized carbons (Fsp3) is 0.278. The van der Waals surface area contributed by atoms with Crippen molar-refractivity contribution in [2.75, 3.05) is 26.4 Å². The van der Waals surface area contributed by atoms with Crippen LogP contribution in [0.25, 0.3) is 0 Å². The molecule has 0 atom stereocenters. The lowest BCUT2D eigenvalue weighted by Crippen LogP contribution is -2.30. The Labute approximate surface area is 135 Å². The van der Waals surface area contributed by atoms with Crippen LogP contribution in [-0.4, -0.2) is 32.3 Å². The van der Waals surface area contributed by atoms with Crippen molar-refractivity contribution in [3.8, 4) is 17.2 Å². The molecule has 0 unspecified atom stereocenters. The van der Waals surface area contributed by atoms with Crippen LogP contribution in [0.2, 0.25) is 0 Å². The molecule has 120 valence electrons. The van der Waals surface area contributed by atoms with E-state index >= 15 is 0 Å². The molecular formula is C18H19NO4. The molecule has 0 saturated carbocycles. The van der Waals surface area contributed by atoms with Crippen molar-refractivity contribution in [3.63, 3.8) is 0 Å². The zero-order chi connectivity index (χ0) is 15.9. The number of para-hydroxylation sites is 1. The van der Waals surface area contributed by atoms with E-state index in [0.29, 0.717) is 25.5 Å². The zero-order valence-electron chi connectivity index (χ0n) is 12.8. The number of nitrogens with one attached hydrogen (secondary N) is 1. The van der Waals surface area contributed by atoms with E-state index < -0.39 is 0 Å². The maximum atomic E-state index is 11.8. The minimum absolute atomic E-state index is 0.0190. The standard InChI is InChI=1S/C18H19NO4/c20-18(13-23-15-4-2-1-3-5-15)19-9-8-14-6-7-16-17(12-14)22-11-10-21-16/h1-7,12H,8-11,13H2,(H,19,20). The first-order valence-electron chi connectivity index (χ1n) is 7.64. The SMILES string of the molecule is O=C(COc1ccccc1)NCCc1ccc2c(c1)OCCO2. The van der Waals surface area contributed by atoms with Crippen LogP contribution in [0.4, 0.5) is 0 Å². The van der Waals surface area contributed by atoms with Gasteiger partial charge in [0, 0.05) is 6.54 Å². The van der Waals surface area contributed by atoms with Crippen LogP contribution < -0.4 is 19.5 Å². The molecule has 0 aliphatic carbocycles. The highest BCUT2D eigenvalue weighted by atomic mass is 16.6. The first-order valence-corrected chi connectivity index (χ1v) is 7.64. The third-order valence-corrected chi connectivity index (χ3v) is 3.46. The summed E-state index contributed by atoms with van der Waals surface area (Å²) in [7, 11) is 0. The quantitative estimate of drug-likeness (QED) is 0.888. The average molecular weight is 313 g/mol. The van der Waals surface area contributed by atoms with Crippen LogP contribution in [0, 0.1) is 0 Å². The molecule has 1 aliphatic heterocycles. The summed E-state index contributed by atoms with van der Waals surface area (Å²) < 4.78 is 16.4. The molecule has 0 radical (unpaired) electrons. The fourth-order valence-corrected chi connectivity index (χ4v) is 2.31. The maximum absolute atomic E-state index is 11.8. The zero-order valence-corrected chi connectivity index (χ0v) is 12.8. The van der Waals surface area contributed by atoms with Gasteiger partial charge in [0.25, 0.3) is 5.91 Å². The van der Waals surface area contributed by atoms with Crippen molar-refractivity contribution in [2.24, 2.45) is 0 Å². The highest BCUT2D eigenvalue weighted by Crippen LogP contribution is 2.30. The predicted octanol–water partition coefficient (Wildman–Crippen LogP) is 2.20. The molecule has 3 rings (SSSR count). The summed E-state index contributed by atoms with van der Waals surface area (Å²) in [5.41, 5.74) is 1.10. The van der Waals surface area contributed by atoms with Crippen molar-refractivity contribution in [2.45, 2.75) is 6.42 Å². The molecule has 1 N–H and O–H groups in total. The topological polar surface area (TPSA) is 56.8 Å². The molecule has 0 aromatic heterocycles. The van der Waals surface area contributed by atoms with Gasteiger partial charge in [0.1, 0.15) is 19.0 Å². The Bertz CT molecular complexity index is 657. The summed E-state index contributed by atoms with van der Waals surface area (Å²) in [6.45, 7) is 1.73. The van der Waals surface area contributed by atoms with Crippen molar-refractivity contribution >= 4 is 5.91 Å². The van der Waals surface area contributed by atoms with Gasteiger partial charge in [-0.3, -0.25) is 4.79 Å². The molecule has 0 saturated heterocycles. The summed E-state index contributed by atoms with van der Waals surface area (Å²) in [5, 5.41) is 2.85. The number of carbonyl (C=O) groups is 1.